The molecular formula is C34H28N4O10. The Morgan fingerprint density at radius 1 is 0.750 bits per heavy atom. The number of para-hydroxylation sites is 1. The highest BCUT2D eigenvalue weighted by Crippen LogP contribution is 2.60. The van der Waals surface area contributed by atoms with Gasteiger partial charge in [0.05, 0.1) is 51.5 Å². The number of allylic oxidation sites excluding steroid dienone is 2. The van der Waals surface area contributed by atoms with Gasteiger partial charge in [0.1, 0.15) is 0 Å². The number of hydrogen-bond acceptors (Lipinski definition) is 10. The van der Waals surface area contributed by atoms with Gasteiger partial charge in [-0.05, 0) is 56.0 Å². The van der Waals surface area contributed by atoms with Gasteiger partial charge in [0, 0.05) is 35.7 Å². The van der Waals surface area contributed by atoms with E-state index in [-0.39, 0.29) is 53.7 Å². The summed E-state index contributed by atoms with van der Waals surface area (Å²) in [5, 5.41) is 33.9. The Balaban J connectivity index is 1.32. The van der Waals surface area contributed by atoms with Gasteiger partial charge < -0.3 is 9.84 Å². The third kappa shape index (κ3) is 4.54. The first-order chi connectivity index (χ1) is 23.0. The quantitative estimate of drug-likeness (QED) is 0.163. The highest BCUT2D eigenvalue weighted by Gasteiger charge is 2.62. The van der Waals surface area contributed by atoms with Crippen molar-refractivity contribution in [3.05, 3.63) is 104 Å². The van der Waals surface area contributed by atoms with Crippen LogP contribution in [0.5, 0.6) is 11.5 Å². The van der Waals surface area contributed by atoms with Crippen LogP contribution in [0.4, 0.5) is 22.7 Å². The monoisotopic (exact) mass is 652 g/mol. The highest BCUT2D eigenvalue weighted by molar-refractivity contribution is 6.24. The molecule has 3 aromatic carbocycles. The Hall–Kier alpha value is -5.92. The number of benzene rings is 3. The summed E-state index contributed by atoms with van der Waals surface area (Å²) in [7, 11) is 0. The van der Waals surface area contributed by atoms with E-state index < -0.39 is 69.0 Å². The molecule has 2 saturated heterocycles. The molecule has 244 valence electrons. The zero-order valence-corrected chi connectivity index (χ0v) is 25.4. The van der Waals surface area contributed by atoms with Crippen LogP contribution in [0.25, 0.3) is 0 Å². The fourth-order valence-corrected chi connectivity index (χ4v) is 7.95. The smallest absolute Gasteiger partial charge is 0.269 e. The van der Waals surface area contributed by atoms with E-state index in [1.165, 1.54) is 48.5 Å². The van der Waals surface area contributed by atoms with Crippen molar-refractivity contribution in [2.45, 2.75) is 25.7 Å². The van der Waals surface area contributed by atoms with Gasteiger partial charge in [0.15, 0.2) is 11.5 Å². The van der Waals surface area contributed by atoms with E-state index in [9.17, 15) is 44.5 Å². The lowest BCUT2D eigenvalue weighted by Crippen LogP contribution is -2.43. The number of carbonyl (C=O) groups is 4. The maximum absolute atomic E-state index is 14.3. The Labute approximate surface area is 272 Å². The number of phenols is 1. The number of phenolic OH excluding ortho intramolecular Hbond substituents is 1. The zero-order chi connectivity index (χ0) is 34.0. The van der Waals surface area contributed by atoms with Crippen LogP contribution in [0.3, 0.4) is 0 Å². The van der Waals surface area contributed by atoms with Crippen molar-refractivity contribution in [1.29, 1.82) is 0 Å². The van der Waals surface area contributed by atoms with E-state index in [0.717, 1.165) is 9.80 Å². The van der Waals surface area contributed by atoms with Gasteiger partial charge in [-0.2, -0.15) is 0 Å². The molecule has 3 aromatic rings. The standard InChI is InChI=1S/C34H28N4O10/c1-2-48-26-5-3-4-22(30(26)39)27-21-14-15-23-28(33(42)35(31(23)40)17-6-10-19(11-7-17)37(44)45)24(21)16-25-29(27)34(43)36(32(25)41)18-8-12-20(13-9-18)38(46)47/h3-14,23-25,27-29,39H,2,15-16H2,1H3. The number of non-ortho nitro benzene ring substituents is 2. The van der Waals surface area contributed by atoms with Gasteiger partial charge in [0.2, 0.25) is 23.6 Å². The molecule has 48 heavy (non-hydrogen) atoms. The van der Waals surface area contributed by atoms with Crippen LogP contribution in [0, 0.1) is 49.8 Å². The lowest BCUT2D eigenvalue weighted by Gasteiger charge is -2.44. The molecule has 1 N–H and O–H groups in total. The number of nitrogens with zero attached hydrogens (tertiary/aromatic N) is 4. The lowest BCUT2D eigenvalue weighted by molar-refractivity contribution is -0.385. The number of hydrogen-bond donors (Lipinski definition) is 1. The highest BCUT2D eigenvalue weighted by atomic mass is 16.6. The predicted molar refractivity (Wildman–Crippen MR) is 168 cm³/mol. The molecule has 14 heteroatoms. The second kappa shape index (κ2) is 11.4. The molecule has 3 fully saturated rings. The summed E-state index contributed by atoms with van der Waals surface area (Å²) in [5.74, 6) is -7.17. The molecule has 0 spiro atoms. The SMILES string of the molecule is CCOc1cccc(C2C3=CCC4C(=O)N(c5ccc([N+](=O)[O-])cc5)C(=O)C4C3CC3C(=O)N(c4ccc([N+](=O)[O-])cc4)C(=O)C32)c1O. The molecule has 14 nitrogen and oxygen atoms in total. The fourth-order valence-electron chi connectivity index (χ4n) is 7.95. The first-order valence-corrected chi connectivity index (χ1v) is 15.4. The van der Waals surface area contributed by atoms with Gasteiger partial charge in [-0.25, -0.2) is 0 Å². The maximum atomic E-state index is 14.3. The normalized spacial score (nSPS) is 26.1. The molecule has 2 aliphatic carbocycles. The molecule has 4 amide bonds. The van der Waals surface area contributed by atoms with Crippen LogP contribution in [0.1, 0.15) is 31.2 Å². The third-order valence-corrected chi connectivity index (χ3v) is 9.95. The van der Waals surface area contributed by atoms with E-state index in [2.05, 4.69) is 0 Å². The summed E-state index contributed by atoms with van der Waals surface area (Å²) in [4.78, 5) is 79.6. The number of imide groups is 2. The third-order valence-electron chi connectivity index (χ3n) is 9.95. The van der Waals surface area contributed by atoms with E-state index in [1.54, 1.807) is 25.1 Å². The number of carbonyl (C=O) groups excluding carboxylic acids is 4. The van der Waals surface area contributed by atoms with Crippen molar-refractivity contribution in [3.8, 4) is 11.5 Å². The van der Waals surface area contributed by atoms with Crippen molar-refractivity contribution in [2.24, 2.45) is 29.6 Å². The molecule has 1 saturated carbocycles. The van der Waals surface area contributed by atoms with Crippen molar-refractivity contribution >= 4 is 46.4 Å². The summed E-state index contributed by atoms with van der Waals surface area (Å²) in [6.07, 6.45) is 2.07. The van der Waals surface area contributed by atoms with E-state index in [0.29, 0.717) is 11.1 Å². The van der Waals surface area contributed by atoms with Gasteiger partial charge in [-0.15, -0.1) is 0 Å². The number of aromatic hydroxyl groups is 1. The van der Waals surface area contributed by atoms with Crippen molar-refractivity contribution < 1.29 is 38.9 Å². The van der Waals surface area contributed by atoms with E-state index >= 15 is 0 Å². The van der Waals surface area contributed by atoms with Crippen LogP contribution in [0.2, 0.25) is 0 Å². The Morgan fingerprint density at radius 2 is 1.29 bits per heavy atom. The van der Waals surface area contributed by atoms with Gasteiger partial charge in [-0.1, -0.05) is 23.8 Å². The molecular weight excluding hydrogens is 624 g/mol. The molecule has 2 aliphatic heterocycles. The number of fused-ring (bicyclic) bond motifs is 4. The Morgan fingerprint density at radius 3 is 1.83 bits per heavy atom. The Kier molecular flexibility index (Phi) is 7.30. The van der Waals surface area contributed by atoms with Crippen molar-refractivity contribution in [2.75, 3.05) is 16.4 Å². The van der Waals surface area contributed by atoms with Crippen LogP contribution in [-0.4, -0.2) is 45.2 Å². The van der Waals surface area contributed by atoms with Gasteiger partial charge in [-0.3, -0.25) is 49.2 Å². The average Bonchev–Trinajstić information content (AvgIpc) is 3.48. The topological polar surface area (TPSA) is 190 Å². The van der Waals surface area contributed by atoms with Gasteiger partial charge >= 0.3 is 0 Å². The average molecular weight is 653 g/mol. The number of nitro groups is 2. The second-order valence-electron chi connectivity index (χ2n) is 12.2. The molecule has 0 aromatic heterocycles. The number of anilines is 2. The minimum absolute atomic E-state index is 0.0707. The van der Waals surface area contributed by atoms with Gasteiger partial charge in [0.25, 0.3) is 11.4 Å². The van der Waals surface area contributed by atoms with Crippen molar-refractivity contribution in [3.63, 3.8) is 0 Å². The number of rotatable bonds is 7. The predicted octanol–water partition coefficient (Wildman–Crippen LogP) is 4.65. The maximum Gasteiger partial charge on any atom is 0.269 e. The van der Waals surface area contributed by atoms with Crippen LogP contribution in [-0.2, 0) is 19.2 Å². The zero-order valence-electron chi connectivity index (χ0n) is 25.4. The minimum atomic E-state index is -0.979. The van der Waals surface area contributed by atoms with E-state index in [1.807, 2.05) is 6.08 Å². The molecule has 0 radical (unpaired) electrons. The van der Waals surface area contributed by atoms with Crippen LogP contribution in [0.15, 0.2) is 78.4 Å². The molecule has 6 atom stereocenters. The minimum Gasteiger partial charge on any atom is -0.504 e. The summed E-state index contributed by atoms with van der Waals surface area (Å²) < 4.78 is 5.64. The Bertz CT molecular complexity index is 1940. The molecule has 2 heterocycles. The second-order valence-corrected chi connectivity index (χ2v) is 12.2. The summed E-state index contributed by atoms with van der Waals surface area (Å²) in [6.45, 7) is 2.01. The largest absolute Gasteiger partial charge is 0.504 e. The van der Waals surface area contributed by atoms with Crippen LogP contribution < -0.4 is 14.5 Å². The fraction of sp³-hybridized carbons (Fsp3) is 0.294. The number of nitro benzene ring substituents is 2. The summed E-state index contributed by atoms with van der Waals surface area (Å²) >= 11 is 0. The first kappa shape index (κ1) is 30.7. The number of ether oxygens (including phenoxy) is 1. The molecule has 6 unspecified atom stereocenters. The molecule has 0 bridgehead atoms. The van der Waals surface area contributed by atoms with Crippen molar-refractivity contribution in [1.82, 2.24) is 0 Å². The van der Waals surface area contributed by atoms with Crippen LogP contribution >= 0.6 is 0 Å². The molecule has 7 rings (SSSR count). The summed E-state index contributed by atoms with van der Waals surface area (Å²) in [5.41, 5.74) is 0.921. The molecule has 4 aliphatic rings. The number of amides is 4. The lowest BCUT2D eigenvalue weighted by atomic mass is 9.57. The summed E-state index contributed by atoms with van der Waals surface area (Å²) in [6, 6.07) is 15.1. The first-order valence-electron chi connectivity index (χ1n) is 15.4. The van der Waals surface area contributed by atoms with E-state index in [4.69, 9.17) is 4.74 Å².